The predicted octanol–water partition coefficient (Wildman–Crippen LogP) is 3.75. The third-order valence-electron chi connectivity index (χ3n) is 2.52. The van der Waals surface area contributed by atoms with Crippen LogP contribution >= 0.6 is 0 Å². The Balaban J connectivity index is 2.94. The monoisotopic (exact) mass is 189 g/mol. The number of hydrogen-bond acceptors (Lipinski definition) is 1. The average molecular weight is 189 g/mol. The van der Waals surface area contributed by atoms with Gasteiger partial charge in [0.25, 0.3) is 0 Å². The highest BCUT2D eigenvalue weighted by Gasteiger charge is 2.03. The lowest BCUT2D eigenvalue weighted by Crippen LogP contribution is -2.15. The van der Waals surface area contributed by atoms with Gasteiger partial charge in [0.15, 0.2) is 0 Å². The molecule has 14 heavy (non-hydrogen) atoms. The summed E-state index contributed by atoms with van der Waals surface area (Å²) in [6.07, 6.45) is 3.24. The largest absolute Gasteiger partial charge is 0.349 e. The lowest BCUT2D eigenvalue weighted by molar-refractivity contribution is 0.971. The van der Waals surface area contributed by atoms with Crippen LogP contribution in [0.4, 0.5) is 5.69 Å². The van der Waals surface area contributed by atoms with E-state index in [9.17, 15) is 0 Å². The van der Waals surface area contributed by atoms with Gasteiger partial charge in [-0.25, -0.2) is 0 Å². The molecule has 0 aliphatic rings. The molecule has 0 radical (unpaired) electrons. The molecule has 0 aliphatic carbocycles. The smallest absolute Gasteiger partial charge is 0.0408 e. The highest BCUT2D eigenvalue weighted by atomic mass is 15.1. The molecule has 0 aromatic heterocycles. The second kappa shape index (κ2) is 4.85. The Morgan fingerprint density at radius 3 is 2.64 bits per heavy atom. The Labute approximate surface area is 87.1 Å². The fraction of sp³-hybridized carbons (Fsp3) is 0.385. The fourth-order valence-corrected chi connectivity index (χ4v) is 1.64. The Morgan fingerprint density at radius 2 is 2.14 bits per heavy atom. The zero-order valence-electron chi connectivity index (χ0n) is 9.54. The highest BCUT2D eigenvalue weighted by molar-refractivity contribution is 5.52. The molecule has 0 fully saturated rings. The van der Waals surface area contributed by atoms with Crippen molar-refractivity contribution in [1.29, 1.82) is 0 Å². The second-order valence-electron chi connectivity index (χ2n) is 3.53. The first-order chi connectivity index (χ1) is 6.69. The maximum atomic E-state index is 2.24. The zero-order chi connectivity index (χ0) is 10.6. The van der Waals surface area contributed by atoms with Gasteiger partial charge in [0.1, 0.15) is 0 Å². The van der Waals surface area contributed by atoms with Crippen molar-refractivity contribution in [2.75, 3.05) is 11.9 Å². The third kappa shape index (κ3) is 2.38. The van der Waals surface area contributed by atoms with Gasteiger partial charge in [0.05, 0.1) is 0 Å². The van der Waals surface area contributed by atoms with E-state index in [-0.39, 0.29) is 0 Å². The minimum Gasteiger partial charge on any atom is -0.349 e. The molecule has 0 spiro atoms. The second-order valence-corrected chi connectivity index (χ2v) is 3.53. The van der Waals surface area contributed by atoms with Crippen LogP contribution in [0, 0.1) is 6.92 Å². The fourth-order valence-electron chi connectivity index (χ4n) is 1.64. The van der Waals surface area contributed by atoms with Gasteiger partial charge < -0.3 is 4.90 Å². The third-order valence-corrected chi connectivity index (χ3v) is 2.52. The quantitative estimate of drug-likeness (QED) is 0.700. The van der Waals surface area contributed by atoms with Crippen molar-refractivity contribution < 1.29 is 0 Å². The Bertz CT molecular complexity index is 326. The Morgan fingerprint density at radius 1 is 1.43 bits per heavy atom. The standard InChI is InChI=1S/C13H19N/c1-5-12(6-2)14(4)13-9-7-8-11(3)10-13/h5,7-10H,6H2,1-4H3/b12-5-. The van der Waals surface area contributed by atoms with Gasteiger partial charge in [-0.3, -0.25) is 0 Å². The van der Waals surface area contributed by atoms with Gasteiger partial charge in [-0.1, -0.05) is 25.1 Å². The van der Waals surface area contributed by atoms with Gasteiger partial charge in [-0.05, 0) is 38.0 Å². The van der Waals surface area contributed by atoms with Crippen LogP contribution in [-0.4, -0.2) is 7.05 Å². The summed E-state index contributed by atoms with van der Waals surface area (Å²) in [4.78, 5) is 2.24. The summed E-state index contributed by atoms with van der Waals surface area (Å²) < 4.78 is 0. The van der Waals surface area contributed by atoms with Crippen LogP contribution in [-0.2, 0) is 0 Å². The van der Waals surface area contributed by atoms with Crippen molar-refractivity contribution in [3.05, 3.63) is 41.6 Å². The summed E-state index contributed by atoms with van der Waals surface area (Å²) in [5.41, 5.74) is 3.93. The van der Waals surface area contributed by atoms with Gasteiger partial charge in [0.2, 0.25) is 0 Å². The summed E-state index contributed by atoms with van der Waals surface area (Å²) in [6, 6.07) is 8.58. The van der Waals surface area contributed by atoms with E-state index in [0.717, 1.165) is 6.42 Å². The number of hydrogen-bond donors (Lipinski definition) is 0. The summed E-state index contributed by atoms with van der Waals surface area (Å²) in [5.74, 6) is 0. The normalized spacial score (nSPS) is 11.6. The van der Waals surface area contributed by atoms with E-state index < -0.39 is 0 Å². The molecule has 0 saturated carbocycles. The lowest BCUT2D eigenvalue weighted by Gasteiger charge is -2.22. The van der Waals surface area contributed by atoms with Crippen LogP contribution in [0.25, 0.3) is 0 Å². The maximum absolute atomic E-state index is 2.24. The van der Waals surface area contributed by atoms with Crippen LogP contribution < -0.4 is 4.90 Å². The van der Waals surface area contributed by atoms with Crippen LogP contribution in [0.1, 0.15) is 25.8 Å². The first-order valence-corrected chi connectivity index (χ1v) is 5.14. The zero-order valence-corrected chi connectivity index (χ0v) is 9.54. The molecule has 0 amide bonds. The van der Waals surface area contributed by atoms with Crippen molar-refractivity contribution in [3.8, 4) is 0 Å². The summed E-state index contributed by atoms with van der Waals surface area (Å²) in [6.45, 7) is 6.39. The summed E-state index contributed by atoms with van der Waals surface area (Å²) in [7, 11) is 2.12. The SMILES string of the molecule is C/C=C(/CC)N(C)c1cccc(C)c1. The van der Waals surface area contributed by atoms with E-state index in [1.54, 1.807) is 0 Å². The van der Waals surface area contributed by atoms with Gasteiger partial charge in [-0.2, -0.15) is 0 Å². The van der Waals surface area contributed by atoms with E-state index in [1.807, 2.05) is 0 Å². The molecular weight excluding hydrogens is 170 g/mol. The summed E-state index contributed by atoms with van der Waals surface area (Å²) in [5, 5.41) is 0. The first kappa shape index (κ1) is 10.8. The first-order valence-electron chi connectivity index (χ1n) is 5.14. The lowest BCUT2D eigenvalue weighted by atomic mass is 10.2. The highest BCUT2D eigenvalue weighted by Crippen LogP contribution is 2.19. The van der Waals surface area contributed by atoms with Crippen molar-refractivity contribution in [1.82, 2.24) is 0 Å². The van der Waals surface area contributed by atoms with Crippen LogP contribution in [0.5, 0.6) is 0 Å². The van der Waals surface area contributed by atoms with E-state index in [4.69, 9.17) is 0 Å². The van der Waals surface area contributed by atoms with Crippen LogP contribution in [0.15, 0.2) is 36.0 Å². The Kier molecular flexibility index (Phi) is 3.75. The molecule has 0 saturated heterocycles. The van der Waals surface area contributed by atoms with Crippen molar-refractivity contribution >= 4 is 5.69 Å². The molecule has 1 aromatic carbocycles. The topological polar surface area (TPSA) is 3.24 Å². The number of rotatable bonds is 3. The van der Waals surface area contributed by atoms with E-state index in [0.29, 0.717) is 0 Å². The Hall–Kier alpha value is -1.24. The minimum atomic E-state index is 1.07. The van der Waals surface area contributed by atoms with Crippen LogP contribution in [0.2, 0.25) is 0 Å². The van der Waals surface area contributed by atoms with Crippen LogP contribution in [0.3, 0.4) is 0 Å². The maximum Gasteiger partial charge on any atom is 0.0408 e. The molecular formula is C13H19N. The number of aryl methyl sites for hydroxylation is 1. The van der Waals surface area contributed by atoms with Crippen molar-refractivity contribution in [3.63, 3.8) is 0 Å². The molecule has 1 aromatic rings. The number of benzene rings is 1. The van der Waals surface area contributed by atoms with Gasteiger partial charge in [0, 0.05) is 18.4 Å². The molecule has 0 heterocycles. The minimum absolute atomic E-state index is 1.07. The van der Waals surface area contributed by atoms with Gasteiger partial charge >= 0.3 is 0 Å². The van der Waals surface area contributed by atoms with Crippen molar-refractivity contribution in [2.45, 2.75) is 27.2 Å². The van der Waals surface area contributed by atoms with E-state index in [2.05, 4.69) is 63.1 Å². The number of anilines is 1. The molecule has 1 nitrogen and oxygen atoms in total. The molecule has 1 heteroatoms. The molecule has 0 N–H and O–H groups in total. The molecule has 0 unspecified atom stereocenters. The molecule has 0 atom stereocenters. The molecule has 1 rings (SSSR count). The number of nitrogens with zero attached hydrogens (tertiary/aromatic N) is 1. The average Bonchev–Trinajstić information content (AvgIpc) is 2.19. The molecule has 76 valence electrons. The van der Waals surface area contributed by atoms with Crippen molar-refractivity contribution in [2.24, 2.45) is 0 Å². The predicted molar refractivity (Wildman–Crippen MR) is 63.6 cm³/mol. The number of allylic oxidation sites excluding steroid dienone is 2. The van der Waals surface area contributed by atoms with Gasteiger partial charge in [-0.15, -0.1) is 0 Å². The summed E-state index contributed by atoms with van der Waals surface area (Å²) >= 11 is 0. The van der Waals surface area contributed by atoms with E-state index in [1.165, 1.54) is 16.9 Å². The van der Waals surface area contributed by atoms with E-state index >= 15 is 0 Å². The molecule has 0 bridgehead atoms. The molecule has 0 aliphatic heterocycles.